The van der Waals surface area contributed by atoms with Gasteiger partial charge in [-0.25, -0.2) is 8.42 Å². The van der Waals surface area contributed by atoms with Gasteiger partial charge >= 0.3 is 0 Å². The van der Waals surface area contributed by atoms with Crippen molar-refractivity contribution < 1.29 is 13.2 Å². The highest BCUT2D eigenvalue weighted by Gasteiger charge is 2.30. The summed E-state index contributed by atoms with van der Waals surface area (Å²) < 4.78 is 27.9. The van der Waals surface area contributed by atoms with Gasteiger partial charge in [-0.3, -0.25) is 9.69 Å². The van der Waals surface area contributed by atoms with Gasteiger partial charge in [0.05, 0.1) is 11.8 Å². The molecule has 0 spiro atoms. The molecule has 0 saturated carbocycles. The third-order valence-corrected chi connectivity index (χ3v) is 8.20. The summed E-state index contributed by atoms with van der Waals surface area (Å²) in [5.74, 6) is 0.0327. The van der Waals surface area contributed by atoms with Crippen LogP contribution in [-0.4, -0.2) is 66.1 Å². The maximum absolute atomic E-state index is 12.9. The normalized spacial score (nSPS) is 17.3. The average molecular weight is 443 g/mol. The monoisotopic (exact) mass is 442 g/mol. The zero-order valence-electron chi connectivity index (χ0n) is 18.3. The number of sulfonamides is 1. The van der Waals surface area contributed by atoms with Crippen LogP contribution in [0.4, 0.5) is 5.69 Å². The Bertz CT molecular complexity index is 1210. The molecule has 1 N–H and O–H groups in total. The van der Waals surface area contributed by atoms with Crippen LogP contribution in [0.3, 0.4) is 0 Å². The van der Waals surface area contributed by atoms with Crippen LogP contribution in [0, 0.1) is 0 Å². The second kappa shape index (κ2) is 8.61. The maximum Gasteiger partial charge on any atom is 0.241 e. The number of carbonyl (C=O) groups excluding carboxylic acids is 1. The number of anilines is 1. The van der Waals surface area contributed by atoms with E-state index < -0.39 is 10.0 Å². The Morgan fingerprint density at radius 1 is 1.00 bits per heavy atom. The van der Waals surface area contributed by atoms with Gasteiger partial charge < -0.3 is 9.88 Å². The average Bonchev–Trinajstić information content (AvgIpc) is 3.11. The largest absolute Gasteiger partial charge is 0.341 e. The lowest BCUT2D eigenvalue weighted by Crippen LogP contribution is -2.54. The van der Waals surface area contributed by atoms with E-state index in [2.05, 4.69) is 35.0 Å². The Morgan fingerprint density at radius 2 is 1.68 bits per heavy atom. The third-order valence-electron chi connectivity index (χ3n) is 6.31. The lowest BCUT2D eigenvalue weighted by atomic mass is 10.1. The van der Waals surface area contributed by atoms with E-state index in [1.807, 2.05) is 36.1 Å². The van der Waals surface area contributed by atoms with E-state index in [9.17, 15) is 13.2 Å². The summed E-state index contributed by atoms with van der Waals surface area (Å²) in [5.41, 5.74) is 3.12. The van der Waals surface area contributed by atoms with Gasteiger partial charge in [0.2, 0.25) is 15.9 Å². The molecule has 0 aliphatic carbocycles. The predicted molar refractivity (Wildman–Crippen MR) is 126 cm³/mol. The van der Waals surface area contributed by atoms with Crippen LogP contribution in [0.1, 0.15) is 20.8 Å². The minimum atomic E-state index is -3.17. The number of rotatable bonds is 6. The number of para-hydroxylation sites is 1. The minimum absolute atomic E-state index is 0.0784. The number of aryl methyl sites for hydroxylation is 1. The summed E-state index contributed by atoms with van der Waals surface area (Å²) in [5, 5.41) is 5.36. The molecular formula is C23H30N4O3S. The number of aromatic nitrogens is 1. The SMILES string of the molecule is CCn1c2ccccc2c2cc(NC(=O)C(C)N3CCN(S(=O)(=O)CC)CC3)ccc21. The lowest BCUT2D eigenvalue weighted by Gasteiger charge is -2.36. The van der Waals surface area contributed by atoms with Crippen molar-refractivity contribution in [2.24, 2.45) is 0 Å². The number of amides is 1. The van der Waals surface area contributed by atoms with Crippen LogP contribution in [-0.2, 0) is 21.4 Å². The molecule has 1 saturated heterocycles. The predicted octanol–water partition coefficient (Wildman–Crippen LogP) is 3.11. The summed E-state index contributed by atoms with van der Waals surface area (Å²) in [4.78, 5) is 15.0. The molecule has 2 aromatic carbocycles. The van der Waals surface area contributed by atoms with Crippen molar-refractivity contribution in [2.45, 2.75) is 33.4 Å². The molecule has 1 unspecified atom stereocenters. The van der Waals surface area contributed by atoms with Crippen LogP contribution in [0.15, 0.2) is 42.5 Å². The fraction of sp³-hybridized carbons (Fsp3) is 0.435. The van der Waals surface area contributed by atoms with Crippen molar-refractivity contribution in [3.63, 3.8) is 0 Å². The molecule has 1 atom stereocenters. The van der Waals surface area contributed by atoms with Crippen molar-refractivity contribution in [1.82, 2.24) is 13.8 Å². The Balaban J connectivity index is 1.49. The van der Waals surface area contributed by atoms with E-state index in [1.54, 1.807) is 6.92 Å². The van der Waals surface area contributed by atoms with Crippen LogP contribution in [0.25, 0.3) is 21.8 Å². The molecule has 8 heteroatoms. The van der Waals surface area contributed by atoms with Crippen LogP contribution in [0.5, 0.6) is 0 Å². The number of hydrogen-bond donors (Lipinski definition) is 1. The first-order chi connectivity index (χ1) is 14.9. The zero-order chi connectivity index (χ0) is 22.2. The highest BCUT2D eigenvalue weighted by Crippen LogP contribution is 2.31. The number of piperazine rings is 1. The van der Waals surface area contributed by atoms with Gasteiger partial charge in [-0.2, -0.15) is 4.31 Å². The first-order valence-corrected chi connectivity index (χ1v) is 12.5. The first-order valence-electron chi connectivity index (χ1n) is 10.9. The van der Waals surface area contributed by atoms with Crippen molar-refractivity contribution >= 4 is 43.4 Å². The second-order valence-corrected chi connectivity index (χ2v) is 10.3. The molecule has 7 nitrogen and oxygen atoms in total. The molecule has 1 fully saturated rings. The lowest BCUT2D eigenvalue weighted by molar-refractivity contribution is -0.121. The van der Waals surface area contributed by atoms with Crippen molar-refractivity contribution in [3.8, 4) is 0 Å². The minimum Gasteiger partial charge on any atom is -0.341 e. The maximum atomic E-state index is 12.9. The van der Waals surface area contributed by atoms with Crippen LogP contribution >= 0.6 is 0 Å². The summed E-state index contributed by atoms with van der Waals surface area (Å²) in [6.07, 6.45) is 0. The second-order valence-electron chi connectivity index (χ2n) is 7.99. The van der Waals surface area contributed by atoms with Crippen molar-refractivity contribution in [3.05, 3.63) is 42.5 Å². The smallest absolute Gasteiger partial charge is 0.241 e. The van der Waals surface area contributed by atoms with E-state index >= 15 is 0 Å². The number of nitrogens with one attached hydrogen (secondary N) is 1. The molecule has 0 radical (unpaired) electrons. The van der Waals surface area contributed by atoms with Crippen molar-refractivity contribution in [2.75, 3.05) is 37.2 Å². The van der Waals surface area contributed by atoms with E-state index in [0.717, 1.165) is 23.1 Å². The molecule has 3 aromatic rings. The highest BCUT2D eigenvalue weighted by molar-refractivity contribution is 7.89. The Kier molecular flexibility index (Phi) is 6.05. The summed E-state index contributed by atoms with van der Waals surface area (Å²) in [6, 6.07) is 14.0. The Morgan fingerprint density at radius 3 is 2.35 bits per heavy atom. The van der Waals surface area contributed by atoms with Gasteiger partial charge in [0.15, 0.2) is 0 Å². The summed E-state index contributed by atoms with van der Waals surface area (Å²) in [7, 11) is -3.17. The molecule has 166 valence electrons. The van der Waals surface area contributed by atoms with E-state index in [4.69, 9.17) is 0 Å². The molecule has 1 aliphatic heterocycles. The van der Waals surface area contributed by atoms with E-state index in [-0.39, 0.29) is 17.7 Å². The summed E-state index contributed by atoms with van der Waals surface area (Å²) in [6.45, 7) is 8.51. The van der Waals surface area contributed by atoms with E-state index in [1.165, 1.54) is 15.2 Å². The fourth-order valence-corrected chi connectivity index (χ4v) is 5.52. The topological polar surface area (TPSA) is 74.7 Å². The van der Waals surface area contributed by atoms with Gasteiger partial charge in [-0.1, -0.05) is 18.2 Å². The third kappa shape index (κ3) is 4.07. The van der Waals surface area contributed by atoms with Gasteiger partial charge in [0.1, 0.15) is 0 Å². The molecule has 2 heterocycles. The number of hydrogen-bond acceptors (Lipinski definition) is 4. The Labute approximate surface area is 183 Å². The summed E-state index contributed by atoms with van der Waals surface area (Å²) >= 11 is 0. The molecule has 1 aromatic heterocycles. The molecule has 31 heavy (non-hydrogen) atoms. The van der Waals surface area contributed by atoms with Crippen molar-refractivity contribution in [1.29, 1.82) is 0 Å². The standard InChI is InChI=1S/C23H30N4O3S/c1-4-27-21-9-7-6-8-19(21)20-16-18(10-11-22(20)27)24-23(28)17(3)25-12-14-26(15-13-25)31(29,30)5-2/h6-11,16-17H,4-5,12-15H2,1-3H3,(H,24,28). The van der Waals surface area contributed by atoms with Gasteiger partial charge in [-0.05, 0) is 45.0 Å². The van der Waals surface area contributed by atoms with E-state index in [0.29, 0.717) is 26.2 Å². The molecule has 1 aliphatic rings. The van der Waals surface area contributed by atoms with Crippen LogP contribution in [0.2, 0.25) is 0 Å². The zero-order valence-corrected chi connectivity index (χ0v) is 19.2. The number of nitrogens with zero attached hydrogens (tertiary/aromatic N) is 3. The number of benzene rings is 2. The van der Waals surface area contributed by atoms with Gasteiger partial charge in [0, 0.05) is 60.2 Å². The number of fused-ring (bicyclic) bond motifs is 3. The number of carbonyl (C=O) groups is 1. The van der Waals surface area contributed by atoms with Gasteiger partial charge in [0.25, 0.3) is 0 Å². The molecule has 1 amide bonds. The Hall–Kier alpha value is -2.42. The first kappa shape index (κ1) is 21.8. The quantitative estimate of drug-likeness (QED) is 0.637. The van der Waals surface area contributed by atoms with Crippen LogP contribution < -0.4 is 5.32 Å². The molecule has 4 rings (SSSR count). The van der Waals surface area contributed by atoms with Gasteiger partial charge in [-0.15, -0.1) is 0 Å². The molecule has 0 bridgehead atoms. The fourth-order valence-electron chi connectivity index (χ4n) is 4.44. The molecular weight excluding hydrogens is 412 g/mol. The highest BCUT2D eigenvalue weighted by atomic mass is 32.2.